The minimum Gasteiger partial charge on any atom is -0.374 e. The van der Waals surface area contributed by atoms with Crippen LogP contribution in [0, 0.1) is 12.3 Å². The Labute approximate surface area is 98.7 Å². The Hall–Kier alpha value is -1.46. The van der Waals surface area contributed by atoms with E-state index in [0.717, 1.165) is 25.3 Å². The summed E-state index contributed by atoms with van der Waals surface area (Å²) in [5.41, 5.74) is 2.45. The Kier molecular flexibility index (Phi) is 5.45. The predicted molar refractivity (Wildman–Crippen MR) is 70.4 cm³/mol. The van der Waals surface area contributed by atoms with E-state index in [4.69, 9.17) is 6.42 Å². The van der Waals surface area contributed by atoms with Gasteiger partial charge in [-0.05, 0) is 24.7 Å². The highest BCUT2D eigenvalue weighted by atomic mass is 15.1. The van der Waals surface area contributed by atoms with Gasteiger partial charge in [-0.3, -0.25) is 4.90 Å². The van der Waals surface area contributed by atoms with Gasteiger partial charge < -0.3 is 5.32 Å². The summed E-state index contributed by atoms with van der Waals surface area (Å²) in [5.74, 6) is 2.60. The number of anilines is 1. The first-order chi connectivity index (χ1) is 7.81. The van der Waals surface area contributed by atoms with E-state index in [1.165, 1.54) is 5.56 Å². The molecular formula is C14H20N2. The van der Waals surface area contributed by atoms with Crippen LogP contribution >= 0.6 is 0 Å². The Morgan fingerprint density at radius 3 is 2.56 bits per heavy atom. The molecule has 2 nitrogen and oxygen atoms in total. The highest BCUT2D eigenvalue weighted by Gasteiger charge is 2.04. The molecule has 0 aliphatic heterocycles. The van der Waals surface area contributed by atoms with Gasteiger partial charge >= 0.3 is 0 Å². The zero-order valence-electron chi connectivity index (χ0n) is 10.2. The fourth-order valence-corrected chi connectivity index (χ4v) is 1.67. The quantitative estimate of drug-likeness (QED) is 0.735. The van der Waals surface area contributed by atoms with Crippen molar-refractivity contribution in [1.29, 1.82) is 0 Å². The average Bonchev–Trinajstić information content (AvgIpc) is 2.34. The molecular weight excluding hydrogens is 196 g/mol. The molecule has 0 saturated heterocycles. The van der Waals surface area contributed by atoms with Crippen molar-refractivity contribution in [3.8, 4) is 12.3 Å². The van der Waals surface area contributed by atoms with Crippen LogP contribution in [-0.4, -0.2) is 24.5 Å². The van der Waals surface area contributed by atoms with Gasteiger partial charge in [0.25, 0.3) is 0 Å². The maximum absolute atomic E-state index is 5.26. The molecule has 0 unspecified atom stereocenters. The monoisotopic (exact) mass is 216 g/mol. The molecule has 1 aromatic rings. The molecule has 1 N–H and O–H groups in total. The van der Waals surface area contributed by atoms with Crippen LogP contribution in [0.4, 0.5) is 5.69 Å². The maximum atomic E-state index is 5.26. The molecule has 0 fully saturated rings. The van der Waals surface area contributed by atoms with Gasteiger partial charge in [-0.1, -0.05) is 38.0 Å². The second kappa shape index (κ2) is 6.92. The van der Waals surface area contributed by atoms with Crippen molar-refractivity contribution in [1.82, 2.24) is 4.90 Å². The van der Waals surface area contributed by atoms with Crippen LogP contribution < -0.4 is 5.32 Å². The predicted octanol–water partition coefficient (Wildman–Crippen LogP) is 2.57. The number of rotatable bonds is 6. The van der Waals surface area contributed by atoms with E-state index in [0.29, 0.717) is 6.54 Å². The number of para-hydroxylation sites is 1. The van der Waals surface area contributed by atoms with Gasteiger partial charge in [0.15, 0.2) is 0 Å². The molecule has 0 aliphatic carbocycles. The van der Waals surface area contributed by atoms with E-state index in [1.54, 1.807) is 0 Å². The van der Waals surface area contributed by atoms with E-state index in [9.17, 15) is 0 Å². The van der Waals surface area contributed by atoms with Gasteiger partial charge in [-0.15, -0.1) is 6.42 Å². The molecule has 1 rings (SSSR count). The van der Waals surface area contributed by atoms with Gasteiger partial charge in [-0.2, -0.15) is 0 Å². The third-order valence-electron chi connectivity index (χ3n) is 2.69. The highest BCUT2D eigenvalue weighted by molar-refractivity contribution is 5.51. The molecule has 0 atom stereocenters. The first kappa shape index (κ1) is 12.6. The van der Waals surface area contributed by atoms with Crippen molar-refractivity contribution in [2.75, 3.05) is 25.0 Å². The van der Waals surface area contributed by atoms with E-state index in [-0.39, 0.29) is 0 Å². The minimum atomic E-state index is 0.579. The molecule has 1 aromatic carbocycles. The van der Waals surface area contributed by atoms with Gasteiger partial charge in [0, 0.05) is 12.2 Å². The molecule has 0 spiro atoms. The summed E-state index contributed by atoms with van der Waals surface area (Å²) >= 11 is 0. The lowest BCUT2D eigenvalue weighted by molar-refractivity contribution is 0.296. The van der Waals surface area contributed by atoms with Crippen molar-refractivity contribution < 1.29 is 0 Å². The van der Waals surface area contributed by atoms with E-state index < -0.39 is 0 Å². The van der Waals surface area contributed by atoms with Gasteiger partial charge in [0.05, 0.1) is 6.54 Å². The lowest BCUT2D eigenvalue weighted by atomic mass is 10.1. The molecule has 0 heterocycles. The molecule has 0 aromatic heterocycles. The minimum absolute atomic E-state index is 0.579. The second-order valence-electron chi connectivity index (χ2n) is 3.68. The number of terminal acetylenes is 1. The summed E-state index contributed by atoms with van der Waals surface area (Å²) in [6.07, 6.45) is 5.26. The van der Waals surface area contributed by atoms with Gasteiger partial charge in [0.2, 0.25) is 0 Å². The molecule has 86 valence electrons. The first-order valence-electron chi connectivity index (χ1n) is 5.79. The number of hydrogen-bond donors (Lipinski definition) is 1. The van der Waals surface area contributed by atoms with Crippen LogP contribution in [0.25, 0.3) is 0 Å². The zero-order valence-corrected chi connectivity index (χ0v) is 10.2. The molecule has 2 heteroatoms. The van der Waals surface area contributed by atoms with Crippen molar-refractivity contribution in [2.24, 2.45) is 0 Å². The molecule has 16 heavy (non-hydrogen) atoms. The summed E-state index contributed by atoms with van der Waals surface area (Å²) < 4.78 is 0. The van der Waals surface area contributed by atoms with Crippen LogP contribution in [0.2, 0.25) is 0 Å². The van der Waals surface area contributed by atoms with Crippen LogP contribution in [0.3, 0.4) is 0 Å². The summed E-state index contributed by atoms with van der Waals surface area (Å²) in [6, 6.07) is 8.33. The average molecular weight is 216 g/mol. The Morgan fingerprint density at radius 2 is 1.94 bits per heavy atom. The number of hydrogen-bond acceptors (Lipinski definition) is 2. The molecule has 0 aliphatic rings. The van der Waals surface area contributed by atoms with Crippen molar-refractivity contribution >= 4 is 5.69 Å². The Balaban J connectivity index is 2.74. The SMILES string of the molecule is C#CCNc1ccccc1CN(CC)CC. The normalized spacial score (nSPS) is 10.1. The number of benzene rings is 1. The molecule has 0 bridgehead atoms. The molecule has 0 saturated carbocycles. The standard InChI is InChI=1S/C14H20N2/c1-4-11-15-14-10-8-7-9-13(14)12-16(5-2)6-3/h1,7-10,15H,5-6,11-12H2,2-3H3. The number of nitrogens with one attached hydrogen (secondary N) is 1. The lowest BCUT2D eigenvalue weighted by Gasteiger charge is -2.20. The van der Waals surface area contributed by atoms with Gasteiger partial charge in [-0.25, -0.2) is 0 Å². The highest BCUT2D eigenvalue weighted by Crippen LogP contribution is 2.16. The van der Waals surface area contributed by atoms with E-state index in [2.05, 4.69) is 48.2 Å². The third kappa shape index (κ3) is 3.60. The summed E-state index contributed by atoms with van der Waals surface area (Å²) in [4.78, 5) is 2.39. The van der Waals surface area contributed by atoms with Crippen LogP contribution in [0.5, 0.6) is 0 Å². The summed E-state index contributed by atoms with van der Waals surface area (Å²) in [5, 5.41) is 3.25. The Bertz CT molecular complexity index is 348. The lowest BCUT2D eigenvalue weighted by Crippen LogP contribution is -2.22. The fraction of sp³-hybridized carbons (Fsp3) is 0.429. The summed E-state index contributed by atoms with van der Waals surface area (Å²) in [6.45, 7) is 8.05. The fourth-order valence-electron chi connectivity index (χ4n) is 1.67. The van der Waals surface area contributed by atoms with Crippen LogP contribution in [0.15, 0.2) is 24.3 Å². The van der Waals surface area contributed by atoms with Crippen LogP contribution in [0.1, 0.15) is 19.4 Å². The van der Waals surface area contributed by atoms with Crippen molar-refractivity contribution in [2.45, 2.75) is 20.4 Å². The Morgan fingerprint density at radius 1 is 1.25 bits per heavy atom. The molecule has 0 radical (unpaired) electrons. The number of nitrogens with zero attached hydrogens (tertiary/aromatic N) is 1. The van der Waals surface area contributed by atoms with Crippen LogP contribution in [-0.2, 0) is 6.54 Å². The third-order valence-corrected chi connectivity index (χ3v) is 2.69. The van der Waals surface area contributed by atoms with Crippen molar-refractivity contribution in [3.63, 3.8) is 0 Å². The largest absolute Gasteiger partial charge is 0.374 e. The van der Waals surface area contributed by atoms with E-state index >= 15 is 0 Å². The topological polar surface area (TPSA) is 15.3 Å². The summed E-state index contributed by atoms with van der Waals surface area (Å²) in [7, 11) is 0. The van der Waals surface area contributed by atoms with Gasteiger partial charge in [0.1, 0.15) is 0 Å². The first-order valence-corrected chi connectivity index (χ1v) is 5.79. The van der Waals surface area contributed by atoms with Crippen molar-refractivity contribution in [3.05, 3.63) is 29.8 Å². The zero-order chi connectivity index (χ0) is 11.8. The maximum Gasteiger partial charge on any atom is 0.0763 e. The molecule has 0 amide bonds. The van der Waals surface area contributed by atoms with E-state index in [1.807, 2.05) is 6.07 Å². The smallest absolute Gasteiger partial charge is 0.0763 e. The second-order valence-corrected chi connectivity index (χ2v) is 3.68.